The van der Waals surface area contributed by atoms with Gasteiger partial charge in [0, 0.05) is 45.7 Å². The van der Waals surface area contributed by atoms with E-state index < -0.39 is 0 Å². The van der Waals surface area contributed by atoms with Gasteiger partial charge in [-0.15, -0.1) is 0 Å². The number of allylic oxidation sites excluding steroid dienone is 4. The van der Waals surface area contributed by atoms with E-state index in [2.05, 4.69) is 96.7 Å². The van der Waals surface area contributed by atoms with Gasteiger partial charge in [-0.3, -0.25) is 4.98 Å². The average molecular weight is 583 g/mol. The van der Waals surface area contributed by atoms with Gasteiger partial charge in [0.15, 0.2) is 0 Å². The van der Waals surface area contributed by atoms with Crippen LogP contribution in [0, 0.1) is 6.92 Å². The van der Waals surface area contributed by atoms with Gasteiger partial charge < -0.3 is 11.2 Å². The van der Waals surface area contributed by atoms with E-state index in [4.69, 9.17) is 10.8 Å². The second kappa shape index (κ2) is 13.5. The Morgan fingerprint density at radius 1 is 0.711 bits per heavy atom. The molecule has 0 fully saturated rings. The zero-order valence-corrected chi connectivity index (χ0v) is 25.2. The molecule has 0 saturated heterocycles. The fourth-order valence-corrected chi connectivity index (χ4v) is 5.35. The third-order valence-electron chi connectivity index (χ3n) is 7.71. The Bertz CT molecular complexity index is 2050. The normalized spacial score (nSPS) is 14.5. The SMILES string of the molecule is C=C1/C=C(c2ccc3cc(-c4cccc(/C(=N\N)c5ccccc5)c4)cnc3c2)\C=C/Nc2ccccc21.Cc1ccccc1. The highest BCUT2D eigenvalue weighted by Crippen LogP contribution is 2.31. The fourth-order valence-electron chi connectivity index (χ4n) is 5.35. The Labute approximate surface area is 264 Å². The number of rotatable bonds is 4. The van der Waals surface area contributed by atoms with E-state index in [0.717, 1.165) is 66.8 Å². The molecule has 0 spiro atoms. The molecule has 6 aromatic rings. The summed E-state index contributed by atoms with van der Waals surface area (Å²) in [5.41, 5.74) is 12.3. The highest BCUT2D eigenvalue weighted by molar-refractivity contribution is 6.13. The van der Waals surface area contributed by atoms with Crippen molar-refractivity contribution < 1.29 is 0 Å². The number of hydrogen-bond acceptors (Lipinski definition) is 4. The molecule has 0 atom stereocenters. The lowest BCUT2D eigenvalue weighted by atomic mass is 9.95. The average Bonchev–Trinajstić information content (AvgIpc) is 3.08. The standard InChI is InChI=1S/C34H26N4.C7H8/c1-23-18-27(16-17-36-32-13-6-5-12-31(23)32)26-14-15-28-20-30(22-37-33(28)21-26)25-10-7-11-29(19-25)34(38-35)24-8-3-2-4-9-24;1-7-5-3-2-4-6-7/h2-22,36H,1,35H2;2-6H,1H3/b17-16-,27-18+,38-34-;. The molecule has 0 saturated carbocycles. The summed E-state index contributed by atoms with van der Waals surface area (Å²) in [4.78, 5) is 4.82. The van der Waals surface area contributed by atoms with Crippen molar-refractivity contribution in [3.8, 4) is 11.1 Å². The molecule has 1 aromatic heterocycles. The van der Waals surface area contributed by atoms with Gasteiger partial charge in [-0.1, -0.05) is 121 Å². The second-order valence-electron chi connectivity index (χ2n) is 10.9. The van der Waals surface area contributed by atoms with Crippen LogP contribution < -0.4 is 11.2 Å². The lowest BCUT2D eigenvalue weighted by Gasteiger charge is -2.14. The molecule has 1 aliphatic heterocycles. The van der Waals surface area contributed by atoms with Crippen molar-refractivity contribution >= 4 is 33.4 Å². The highest BCUT2D eigenvalue weighted by Gasteiger charge is 2.11. The van der Waals surface area contributed by atoms with Crippen LogP contribution in [0.2, 0.25) is 0 Å². The Hall–Kier alpha value is -6.00. The van der Waals surface area contributed by atoms with E-state index >= 15 is 0 Å². The summed E-state index contributed by atoms with van der Waals surface area (Å²) < 4.78 is 0. The first-order chi connectivity index (χ1) is 22.1. The van der Waals surface area contributed by atoms with Gasteiger partial charge in [0.05, 0.1) is 11.2 Å². The van der Waals surface area contributed by atoms with Crippen LogP contribution in [0.25, 0.3) is 33.2 Å². The van der Waals surface area contributed by atoms with Gasteiger partial charge in [0.1, 0.15) is 0 Å². The van der Waals surface area contributed by atoms with E-state index in [1.807, 2.05) is 85.2 Å². The summed E-state index contributed by atoms with van der Waals surface area (Å²) in [6.07, 6.45) is 8.09. The molecule has 0 unspecified atom stereocenters. The number of nitrogens with one attached hydrogen (secondary N) is 1. The maximum atomic E-state index is 5.78. The number of para-hydroxylation sites is 1. The molecule has 0 aliphatic carbocycles. The lowest BCUT2D eigenvalue weighted by molar-refractivity contribution is 1.24. The van der Waals surface area contributed by atoms with E-state index in [9.17, 15) is 0 Å². The van der Waals surface area contributed by atoms with E-state index in [1.54, 1.807) is 0 Å². The van der Waals surface area contributed by atoms with Crippen LogP contribution in [0.15, 0.2) is 170 Å². The van der Waals surface area contributed by atoms with Gasteiger partial charge in [-0.25, -0.2) is 0 Å². The van der Waals surface area contributed by atoms with Crippen LogP contribution in [-0.4, -0.2) is 10.7 Å². The largest absolute Gasteiger partial charge is 0.361 e. The Kier molecular flexibility index (Phi) is 8.75. The summed E-state index contributed by atoms with van der Waals surface area (Å²) >= 11 is 0. The Balaban J connectivity index is 0.000000452. The molecule has 5 aromatic carbocycles. The molecule has 0 amide bonds. The first-order valence-corrected chi connectivity index (χ1v) is 14.9. The quantitative estimate of drug-likeness (QED) is 0.124. The molecule has 1 aliphatic rings. The molecule has 4 nitrogen and oxygen atoms in total. The molecule has 7 rings (SSSR count). The summed E-state index contributed by atoms with van der Waals surface area (Å²) in [5, 5.41) is 8.52. The molecular weight excluding hydrogens is 548 g/mol. The predicted octanol–water partition coefficient (Wildman–Crippen LogP) is 9.64. The summed E-state index contributed by atoms with van der Waals surface area (Å²) in [6, 6.07) is 45.2. The van der Waals surface area contributed by atoms with Crippen LogP contribution >= 0.6 is 0 Å². The van der Waals surface area contributed by atoms with Crippen LogP contribution in [0.3, 0.4) is 0 Å². The van der Waals surface area contributed by atoms with Crippen molar-refractivity contribution in [1.82, 2.24) is 4.98 Å². The molecule has 0 radical (unpaired) electrons. The molecular formula is C41H34N4. The topological polar surface area (TPSA) is 63.3 Å². The minimum Gasteiger partial charge on any atom is -0.361 e. The Morgan fingerprint density at radius 3 is 2.20 bits per heavy atom. The molecule has 45 heavy (non-hydrogen) atoms. The summed E-state index contributed by atoms with van der Waals surface area (Å²) in [6.45, 7) is 6.39. The third kappa shape index (κ3) is 6.82. The van der Waals surface area contributed by atoms with Crippen LogP contribution in [-0.2, 0) is 0 Å². The third-order valence-corrected chi connectivity index (χ3v) is 7.71. The number of pyridine rings is 1. The van der Waals surface area contributed by atoms with Crippen molar-refractivity contribution in [3.05, 3.63) is 192 Å². The second-order valence-corrected chi connectivity index (χ2v) is 10.9. The van der Waals surface area contributed by atoms with Gasteiger partial charge in [0.2, 0.25) is 0 Å². The van der Waals surface area contributed by atoms with Crippen LogP contribution in [0.1, 0.15) is 27.8 Å². The van der Waals surface area contributed by atoms with Gasteiger partial charge in [-0.2, -0.15) is 5.10 Å². The van der Waals surface area contributed by atoms with Crippen LogP contribution in [0.5, 0.6) is 0 Å². The summed E-state index contributed by atoms with van der Waals surface area (Å²) in [7, 11) is 0. The van der Waals surface area contributed by atoms with Gasteiger partial charge >= 0.3 is 0 Å². The number of aromatic nitrogens is 1. The van der Waals surface area contributed by atoms with E-state index in [0.29, 0.717) is 0 Å². The number of nitrogens with zero attached hydrogens (tertiary/aromatic N) is 2. The van der Waals surface area contributed by atoms with Crippen molar-refractivity contribution in [3.63, 3.8) is 0 Å². The highest BCUT2D eigenvalue weighted by atomic mass is 15.1. The summed E-state index contributed by atoms with van der Waals surface area (Å²) in [5.74, 6) is 5.78. The minimum atomic E-state index is 0.755. The van der Waals surface area contributed by atoms with Gasteiger partial charge in [-0.05, 0) is 65.6 Å². The Morgan fingerprint density at radius 2 is 1.44 bits per heavy atom. The monoisotopic (exact) mass is 582 g/mol. The number of hydrogen-bond donors (Lipinski definition) is 2. The van der Waals surface area contributed by atoms with E-state index in [1.165, 1.54) is 5.56 Å². The first-order valence-electron chi connectivity index (χ1n) is 14.9. The minimum absolute atomic E-state index is 0.755. The zero-order valence-electron chi connectivity index (χ0n) is 25.2. The number of nitrogens with two attached hydrogens (primary N) is 1. The molecule has 0 bridgehead atoms. The number of anilines is 1. The maximum Gasteiger partial charge on any atom is 0.0971 e. The smallest absolute Gasteiger partial charge is 0.0971 e. The molecule has 4 heteroatoms. The van der Waals surface area contributed by atoms with E-state index in [-0.39, 0.29) is 0 Å². The van der Waals surface area contributed by atoms with Crippen molar-refractivity contribution in [2.45, 2.75) is 6.92 Å². The lowest BCUT2D eigenvalue weighted by Crippen LogP contribution is -2.06. The van der Waals surface area contributed by atoms with Crippen LogP contribution in [0.4, 0.5) is 5.69 Å². The number of aryl methyl sites for hydroxylation is 1. The number of fused-ring (bicyclic) bond motifs is 2. The number of benzene rings is 5. The molecule has 218 valence electrons. The molecule has 2 heterocycles. The maximum absolute atomic E-state index is 5.78. The predicted molar refractivity (Wildman–Crippen MR) is 191 cm³/mol. The first kappa shape index (κ1) is 29.1. The molecule has 3 N–H and O–H groups in total. The van der Waals surface area contributed by atoms with Crippen molar-refractivity contribution in [2.75, 3.05) is 5.32 Å². The number of hydrazone groups is 1. The van der Waals surface area contributed by atoms with Crippen molar-refractivity contribution in [2.24, 2.45) is 10.9 Å². The zero-order chi connectivity index (χ0) is 31.0. The van der Waals surface area contributed by atoms with Crippen molar-refractivity contribution in [1.29, 1.82) is 0 Å². The van der Waals surface area contributed by atoms with Gasteiger partial charge in [0.25, 0.3) is 0 Å². The fraction of sp³-hybridized carbons (Fsp3) is 0.0244.